The molecule has 0 spiro atoms. The molecule has 1 unspecified atom stereocenters. The highest BCUT2D eigenvalue weighted by atomic mass is 79.9. The van der Waals surface area contributed by atoms with Gasteiger partial charge in [0.1, 0.15) is 6.79 Å². The quantitative estimate of drug-likeness (QED) is 0.722. The Labute approximate surface area is 128 Å². The molecule has 0 bridgehead atoms. The predicted molar refractivity (Wildman–Crippen MR) is 84.6 cm³/mol. The van der Waals surface area contributed by atoms with Crippen molar-refractivity contribution in [2.45, 2.75) is 18.9 Å². The molecule has 2 rings (SSSR count). The largest absolute Gasteiger partial charge is 0.359 e. The van der Waals surface area contributed by atoms with Crippen molar-refractivity contribution >= 4 is 15.9 Å². The Balaban J connectivity index is 2.32. The van der Waals surface area contributed by atoms with Gasteiger partial charge in [0.2, 0.25) is 0 Å². The highest BCUT2D eigenvalue weighted by Crippen LogP contribution is 2.34. The van der Waals surface area contributed by atoms with Crippen LogP contribution < -0.4 is 0 Å². The summed E-state index contributed by atoms with van der Waals surface area (Å²) in [6.45, 7) is 2.36. The van der Waals surface area contributed by atoms with Crippen LogP contribution in [0.15, 0.2) is 59.1 Å². The summed E-state index contributed by atoms with van der Waals surface area (Å²) in [7, 11) is 1.64. The second kappa shape index (κ2) is 7.02. The summed E-state index contributed by atoms with van der Waals surface area (Å²) in [6.07, 6.45) is 0.791. The van der Waals surface area contributed by atoms with E-state index in [4.69, 9.17) is 9.47 Å². The van der Waals surface area contributed by atoms with Crippen LogP contribution in [-0.4, -0.2) is 13.9 Å². The van der Waals surface area contributed by atoms with Crippen molar-refractivity contribution in [1.29, 1.82) is 0 Å². The summed E-state index contributed by atoms with van der Waals surface area (Å²) >= 11 is 3.62. The second-order valence-corrected chi connectivity index (χ2v) is 5.78. The van der Waals surface area contributed by atoms with Gasteiger partial charge in [0, 0.05) is 18.0 Å². The summed E-state index contributed by atoms with van der Waals surface area (Å²) in [5, 5.41) is 0. The number of hydrogen-bond donors (Lipinski definition) is 0. The maximum absolute atomic E-state index is 6.00. The Morgan fingerprint density at radius 2 is 1.65 bits per heavy atom. The van der Waals surface area contributed by atoms with Crippen LogP contribution in [0.5, 0.6) is 0 Å². The lowest BCUT2D eigenvalue weighted by molar-refractivity contribution is -0.127. The van der Waals surface area contributed by atoms with Crippen molar-refractivity contribution in [1.82, 2.24) is 0 Å². The highest BCUT2D eigenvalue weighted by Gasteiger charge is 2.29. The van der Waals surface area contributed by atoms with Crippen LogP contribution >= 0.6 is 15.9 Å². The summed E-state index contributed by atoms with van der Waals surface area (Å²) in [4.78, 5) is 0. The number of halogens is 1. The predicted octanol–water partition coefficient (Wildman–Crippen LogP) is 4.53. The molecule has 0 aromatic heterocycles. The molecule has 1 atom stereocenters. The third kappa shape index (κ3) is 3.69. The first-order valence-corrected chi connectivity index (χ1v) is 7.37. The van der Waals surface area contributed by atoms with Crippen molar-refractivity contribution in [3.05, 3.63) is 70.2 Å². The van der Waals surface area contributed by atoms with Gasteiger partial charge >= 0.3 is 0 Å². The Hall–Kier alpha value is -1.16. The van der Waals surface area contributed by atoms with Gasteiger partial charge in [-0.25, -0.2) is 0 Å². The van der Waals surface area contributed by atoms with E-state index >= 15 is 0 Å². The molecule has 0 aliphatic carbocycles. The summed E-state index contributed by atoms with van der Waals surface area (Å²) < 4.78 is 12.1. The zero-order valence-corrected chi connectivity index (χ0v) is 13.4. The minimum Gasteiger partial charge on any atom is -0.359 e. The minimum absolute atomic E-state index is 0.269. The summed E-state index contributed by atoms with van der Waals surface area (Å²) in [6, 6.07) is 18.5. The number of methoxy groups -OCH3 is 1. The average Bonchev–Trinajstić information content (AvgIpc) is 2.46. The Morgan fingerprint density at radius 3 is 2.30 bits per heavy atom. The molecule has 3 heteroatoms. The molecule has 0 amide bonds. The molecule has 0 saturated carbocycles. The number of hydrogen-bond acceptors (Lipinski definition) is 2. The highest BCUT2D eigenvalue weighted by molar-refractivity contribution is 9.10. The van der Waals surface area contributed by atoms with Gasteiger partial charge in [0.25, 0.3) is 0 Å². The zero-order valence-electron chi connectivity index (χ0n) is 11.8. The lowest BCUT2D eigenvalue weighted by atomic mass is 9.89. The summed E-state index contributed by atoms with van der Waals surface area (Å²) in [5.41, 5.74) is 1.93. The maximum Gasteiger partial charge on any atom is 0.147 e. The van der Waals surface area contributed by atoms with Crippen LogP contribution in [0.1, 0.15) is 18.1 Å². The molecule has 0 radical (unpaired) electrons. The van der Waals surface area contributed by atoms with Crippen molar-refractivity contribution in [2.24, 2.45) is 0 Å². The van der Waals surface area contributed by atoms with Crippen molar-refractivity contribution in [2.75, 3.05) is 13.9 Å². The van der Waals surface area contributed by atoms with Gasteiger partial charge in [0.05, 0.1) is 5.60 Å². The first-order chi connectivity index (χ1) is 9.65. The Bertz CT molecular complexity index is 542. The molecule has 2 nitrogen and oxygen atoms in total. The monoisotopic (exact) mass is 334 g/mol. The average molecular weight is 335 g/mol. The third-order valence-electron chi connectivity index (χ3n) is 3.32. The second-order valence-electron chi connectivity index (χ2n) is 4.92. The molecule has 2 aromatic carbocycles. The number of ether oxygens (including phenoxy) is 2. The first-order valence-electron chi connectivity index (χ1n) is 6.57. The van der Waals surface area contributed by atoms with Gasteiger partial charge in [-0.05, 0) is 24.1 Å². The van der Waals surface area contributed by atoms with E-state index in [9.17, 15) is 0 Å². The van der Waals surface area contributed by atoms with Crippen LogP contribution in [0.4, 0.5) is 0 Å². The van der Waals surface area contributed by atoms with Crippen molar-refractivity contribution in [3.8, 4) is 0 Å². The van der Waals surface area contributed by atoms with Gasteiger partial charge in [-0.2, -0.15) is 0 Å². The Kier molecular flexibility index (Phi) is 5.35. The molecule has 2 aromatic rings. The van der Waals surface area contributed by atoms with E-state index in [1.165, 1.54) is 5.56 Å². The van der Waals surface area contributed by atoms with E-state index in [0.29, 0.717) is 0 Å². The third-order valence-corrected chi connectivity index (χ3v) is 4.01. The van der Waals surface area contributed by atoms with Gasteiger partial charge in [-0.3, -0.25) is 0 Å². The minimum atomic E-state index is -0.433. The molecule has 0 aliphatic heterocycles. The SMILES string of the molecule is COCOC(C)(Cc1ccccc1)c1ccccc1Br. The molecule has 0 heterocycles. The smallest absolute Gasteiger partial charge is 0.147 e. The molecule has 20 heavy (non-hydrogen) atoms. The molecule has 0 fully saturated rings. The first kappa shape index (κ1) is 15.2. The fourth-order valence-electron chi connectivity index (χ4n) is 2.29. The number of benzene rings is 2. The fourth-order valence-corrected chi connectivity index (χ4v) is 2.99. The Morgan fingerprint density at radius 1 is 1.00 bits per heavy atom. The number of rotatable bonds is 6. The van der Waals surface area contributed by atoms with Gasteiger partial charge in [-0.15, -0.1) is 0 Å². The van der Waals surface area contributed by atoms with Crippen molar-refractivity contribution < 1.29 is 9.47 Å². The van der Waals surface area contributed by atoms with Crippen LogP contribution in [0.25, 0.3) is 0 Å². The van der Waals surface area contributed by atoms with Gasteiger partial charge < -0.3 is 9.47 Å². The molecule has 0 aliphatic rings. The van der Waals surface area contributed by atoms with E-state index < -0.39 is 5.60 Å². The zero-order chi connectivity index (χ0) is 14.4. The molecule has 0 N–H and O–H groups in total. The molecule has 0 saturated heterocycles. The lowest BCUT2D eigenvalue weighted by Crippen LogP contribution is -2.30. The van der Waals surface area contributed by atoms with Crippen molar-refractivity contribution in [3.63, 3.8) is 0 Å². The lowest BCUT2D eigenvalue weighted by Gasteiger charge is -2.31. The normalized spacial score (nSPS) is 13.9. The summed E-state index contributed by atoms with van der Waals surface area (Å²) in [5.74, 6) is 0. The van der Waals surface area contributed by atoms with E-state index in [-0.39, 0.29) is 6.79 Å². The molecule has 106 valence electrons. The fraction of sp³-hybridized carbons (Fsp3) is 0.294. The van der Waals surface area contributed by atoms with E-state index in [2.05, 4.69) is 41.1 Å². The standard InChI is InChI=1S/C17H19BrO2/c1-17(20-13-19-2,12-14-8-4-3-5-9-14)15-10-6-7-11-16(15)18/h3-11H,12-13H2,1-2H3. The molecular formula is C17H19BrO2. The van der Waals surface area contributed by atoms with Gasteiger partial charge in [0.15, 0.2) is 0 Å². The van der Waals surface area contributed by atoms with Crippen LogP contribution in [0.2, 0.25) is 0 Å². The maximum atomic E-state index is 6.00. The van der Waals surface area contributed by atoms with E-state index in [1.807, 2.05) is 36.4 Å². The van der Waals surface area contributed by atoms with E-state index in [0.717, 1.165) is 16.5 Å². The van der Waals surface area contributed by atoms with Crippen LogP contribution in [-0.2, 0) is 21.5 Å². The van der Waals surface area contributed by atoms with Crippen LogP contribution in [0.3, 0.4) is 0 Å². The van der Waals surface area contributed by atoms with E-state index in [1.54, 1.807) is 7.11 Å². The topological polar surface area (TPSA) is 18.5 Å². The van der Waals surface area contributed by atoms with Gasteiger partial charge in [-0.1, -0.05) is 64.5 Å². The molecular weight excluding hydrogens is 316 g/mol. The van der Waals surface area contributed by atoms with Crippen LogP contribution in [0, 0.1) is 0 Å².